The zero-order valence-corrected chi connectivity index (χ0v) is 17.4. The normalized spacial score (nSPS) is 31.6. The Morgan fingerprint density at radius 1 is 1.15 bits per heavy atom. The van der Waals surface area contributed by atoms with Crippen molar-refractivity contribution in [3.8, 4) is 10.4 Å². The van der Waals surface area contributed by atoms with Gasteiger partial charge in [0, 0.05) is 22.3 Å². The molecule has 0 spiro atoms. The topological polar surface area (TPSA) is 12.0 Å². The zero-order chi connectivity index (χ0) is 18.8. The molecule has 0 unspecified atom stereocenters. The van der Waals surface area contributed by atoms with E-state index in [2.05, 4.69) is 32.2 Å². The molecule has 4 atom stereocenters. The number of thiophene rings is 1. The zero-order valence-electron chi connectivity index (χ0n) is 16.6. The molecule has 1 nitrogen and oxygen atoms in total. The molecule has 0 aliphatic heterocycles. The summed E-state index contributed by atoms with van der Waals surface area (Å²) in [7, 11) is 0. The Kier molecular flexibility index (Phi) is 4.25. The molecule has 144 valence electrons. The highest BCUT2D eigenvalue weighted by Crippen LogP contribution is 2.61. The standard InChI is InChI=1S/C24H30FNS/c1-14-20-10-17(24(20,2)3)11-21(14)26-13-23-19(15-4-5-15)12-22(27-23)16-6-8-18(25)9-7-16/h6-9,12,14-15,17,20-21,26H,4-5,10-11,13H2,1-3H3/t14-,17+,20-,21-/m1/s1. The van der Waals surface area contributed by atoms with Gasteiger partial charge in [-0.15, -0.1) is 11.3 Å². The lowest BCUT2D eigenvalue weighted by Crippen LogP contribution is -2.59. The molecule has 4 saturated carbocycles. The van der Waals surface area contributed by atoms with Crippen LogP contribution in [0.5, 0.6) is 0 Å². The number of hydrogen-bond acceptors (Lipinski definition) is 2. The Balaban J connectivity index is 1.32. The maximum Gasteiger partial charge on any atom is 0.123 e. The van der Waals surface area contributed by atoms with Crippen molar-refractivity contribution in [2.45, 2.75) is 65.0 Å². The van der Waals surface area contributed by atoms with Crippen LogP contribution in [0.1, 0.15) is 62.8 Å². The van der Waals surface area contributed by atoms with Gasteiger partial charge in [0.05, 0.1) is 0 Å². The van der Waals surface area contributed by atoms with Crippen LogP contribution in [0, 0.1) is 29.0 Å². The minimum atomic E-state index is -0.160. The minimum Gasteiger partial charge on any atom is -0.309 e. The fourth-order valence-corrected chi connectivity index (χ4v) is 6.92. The Morgan fingerprint density at radius 2 is 1.89 bits per heavy atom. The molecule has 0 radical (unpaired) electrons. The van der Waals surface area contributed by atoms with E-state index in [0.717, 1.165) is 35.8 Å². The third kappa shape index (κ3) is 3.07. The average Bonchev–Trinajstić information content (AvgIpc) is 3.41. The second-order valence-electron chi connectivity index (χ2n) is 9.71. The lowest BCUT2D eigenvalue weighted by molar-refractivity contribution is -0.115. The summed E-state index contributed by atoms with van der Waals surface area (Å²) in [5.74, 6) is 3.15. The molecular weight excluding hydrogens is 353 g/mol. The molecule has 1 heterocycles. The number of halogens is 1. The molecule has 0 saturated heterocycles. The van der Waals surface area contributed by atoms with Gasteiger partial charge in [0.2, 0.25) is 0 Å². The van der Waals surface area contributed by atoms with Crippen molar-refractivity contribution < 1.29 is 4.39 Å². The van der Waals surface area contributed by atoms with Crippen LogP contribution in [-0.2, 0) is 6.54 Å². The largest absolute Gasteiger partial charge is 0.309 e. The molecule has 1 aromatic carbocycles. The summed E-state index contributed by atoms with van der Waals surface area (Å²) in [6, 6.07) is 9.99. The van der Waals surface area contributed by atoms with Crippen molar-refractivity contribution in [3.05, 3.63) is 46.6 Å². The van der Waals surface area contributed by atoms with Gasteiger partial charge >= 0.3 is 0 Å². The van der Waals surface area contributed by atoms with Gasteiger partial charge in [-0.05, 0) is 84.1 Å². The van der Waals surface area contributed by atoms with Gasteiger partial charge in [0.1, 0.15) is 5.82 Å². The van der Waals surface area contributed by atoms with Crippen LogP contribution in [0.2, 0.25) is 0 Å². The number of rotatable bonds is 5. The second kappa shape index (κ2) is 6.42. The van der Waals surface area contributed by atoms with Crippen molar-refractivity contribution >= 4 is 11.3 Å². The van der Waals surface area contributed by atoms with Gasteiger partial charge in [-0.3, -0.25) is 0 Å². The van der Waals surface area contributed by atoms with Crippen LogP contribution < -0.4 is 5.32 Å². The van der Waals surface area contributed by atoms with Crippen molar-refractivity contribution in [1.29, 1.82) is 0 Å². The third-order valence-electron chi connectivity index (χ3n) is 7.87. The van der Waals surface area contributed by atoms with Crippen LogP contribution in [0.15, 0.2) is 30.3 Å². The van der Waals surface area contributed by atoms with Crippen LogP contribution in [-0.4, -0.2) is 6.04 Å². The molecule has 2 aromatic rings. The molecule has 0 amide bonds. The van der Waals surface area contributed by atoms with E-state index in [0.29, 0.717) is 11.5 Å². The summed E-state index contributed by atoms with van der Waals surface area (Å²) in [4.78, 5) is 2.79. The summed E-state index contributed by atoms with van der Waals surface area (Å²) in [5.41, 5.74) is 3.24. The van der Waals surface area contributed by atoms with E-state index in [-0.39, 0.29) is 5.82 Å². The summed E-state index contributed by atoms with van der Waals surface area (Å²) in [6.07, 6.45) is 5.42. The summed E-state index contributed by atoms with van der Waals surface area (Å²) >= 11 is 1.90. The first-order chi connectivity index (χ1) is 12.9. The monoisotopic (exact) mass is 383 g/mol. The van der Waals surface area contributed by atoms with Crippen molar-refractivity contribution in [3.63, 3.8) is 0 Å². The van der Waals surface area contributed by atoms with Crippen molar-refractivity contribution in [1.82, 2.24) is 5.32 Å². The number of benzene rings is 1. The highest BCUT2D eigenvalue weighted by atomic mass is 32.1. The number of fused-ring (bicyclic) bond motifs is 2. The Labute approximate surface area is 166 Å². The van der Waals surface area contributed by atoms with Crippen molar-refractivity contribution in [2.75, 3.05) is 0 Å². The van der Waals surface area contributed by atoms with Crippen LogP contribution in [0.3, 0.4) is 0 Å². The molecule has 1 aromatic heterocycles. The predicted molar refractivity (Wildman–Crippen MR) is 111 cm³/mol. The van der Waals surface area contributed by atoms with E-state index >= 15 is 0 Å². The molecule has 1 N–H and O–H groups in total. The van der Waals surface area contributed by atoms with Gasteiger partial charge in [-0.2, -0.15) is 0 Å². The highest BCUT2D eigenvalue weighted by Gasteiger charge is 2.56. The highest BCUT2D eigenvalue weighted by molar-refractivity contribution is 7.15. The van der Waals surface area contributed by atoms with E-state index in [9.17, 15) is 4.39 Å². The smallest absolute Gasteiger partial charge is 0.123 e. The quantitative estimate of drug-likeness (QED) is 0.614. The first-order valence-electron chi connectivity index (χ1n) is 10.6. The SMILES string of the molecule is C[C@@H]1[C@H]2C[C@@H](C[C@H]1NCc1sc(-c3ccc(F)cc3)cc1C1CC1)C2(C)C. The van der Waals surface area contributed by atoms with Crippen molar-refractivity contribution in [2.24, 2.45) is 23.2 Å². The minimum absolute atomic E-state index is 0.160. The van der Waals surface area contributed by atoms with Gasteiger partial charge in [0.15, 0.2) is 0 Å². The Hall–Kier alpha value is -1.19. The molecule has 6 rings (SSSR count). The first kappa shape index (κ1) is 17.9. The summed E-state index contributed by atoms with van der Waals surface area (Å²) in [5, 5.41) is 3.93. The van der Waals surface area contributed by atoms with Crippen LogP contribution >= 0.6 is 11.3 Å². The lowest BCUT2D eigenvalue weighted by Gasteiger charge is -2.62. The lowest BCUT2D eigenvalue weighted by atomic mass is 9.45. The fourth-order valence-electron chi connectivity index (χ4n) is 5.72. The molecule has 4 aliphatic rings. The molecule has 3 heteroatoms. The number of hydrogen-bond donors (Lipinski definition) is 1. The number of nitrogens with one attached hydrogen (secondary N) is 1. The summed E-state index contributed by atoms with van der Waals surface area (Å²) in [6.45, 7) is 8.39. The molecule has 4 aliphatic carbocycles. The second-order valence-corrected chi connectivity index (χ2v) is 10.8. The average molecular weight is 384 g/mol. The first-order valence-corrected chi connectivity index (χ1v) is 11.4. The van der Waals surface area contributed by atoms with Gasteiger partial charge in [-0.1, -0.05) is 32.9 Å². The van der Waals surface area contributed by atoms with E-state index in [1.54, 1.807) is 17.7 Å². The Morgan fingerprint density at radius 3 is 2.52 bits per heavy atom. The van der Waals surface area contributed by atoms with E-state index in [1.807, 2.05) is 23.5 Å². The van der Waals surface area contributed by atoms with Gasteiger partial charge in [-0.25, -0.2) is 4.39 Å². The maximum absolute atomic E-state index is 13.3. The Bertz CT molecular complexity index is 833. The molecule has 4 fully saturated rings. The molecular formula is C24H30FNS. The molecule has 27 heavy (non-hydrogen) atoms. The summed E-state index contributed by atoms with van der Waals surface area (Å²) < 4.78 is 13.3. The fraction of sp³-hybridized carbons (Fsp3) is 0.583. The van der Waals surface area contributed by atoms with E-state index in [4.69, 9.17) is 0 Å². The molecule has 2 bridgehead atoms. The third-order valence-corrected chi connectivity index (χ3v) is 9.07. The maximum atomic E-state index is 13.3. The van der Waals surface area contributed by atoms with Crippen LogP contribution in [0.4, 0.5) is 4.39 Å². The van der Waals surface area contributed by atoms with Crippen LogP contribution in [0.25, 0.3) is 10.4 Å². The van der Waals surface area contributed by atoms with Gasteiger partial charge in [0.25, 0.3) is 0 Å². The van der Waals surface area contributed by atoms with E-state index < -0.39 is 0 Å². The predicted octanol–water partition coefficient (Wildman–Crippen LogP) is 6.59. The van der Waals surface area contributed by atoms with Gasteiger partial charge < -0.3 is 5.32 Å². The van der Waals surface area contributed by atoms with E-state index in [1.165, 1.54) is 35.4 Å².